The van der Waals surface area contributed by atoms with Crippen molar-refractivity contribution in [3.8, 4) is 28.3 Å². The van der Waals surface area contributed by atoms with Crippen LogP contribution in [0.25, 0.3) is 28.0 Å². The number of likely N-dealkylation sites (N-methyl/N-ethyl adjacent to an activating group) is 1. The number of carbonyl (C=O) groups is 1. The van der Waals surface area contributed by atoms with Crippen molar-refractivity contribution in [1.82, 2.24) is 24.5 Å². The molecule has 0 saturated heterocycles. The number of primary amides is 1. The first-order valence-corrected chi connectivity index (χ1v) is 15.1. The van der Waals surface area contributed by atoms with E-state index in [1.165, 1.54) is 11.3 Å². The van der Waals surface area contributed by atoms with Gasteiger partial charge in [-0.25, -0.2) is 14.5 Å². The molecular weight excluding hydrogens is 570 g/mol. The topological polar surface area (TPSA) is 111 Å². The van der Waals surface area contributed by atoms with Crippen LogP contribution < -0.4 is 15.8 Å². The van der Waals surface area contributed by atoms with E-state index in [4.69, 9.17) is 20.6 Å². The van der Waals surface area contributed by atoms with E-state index in [-0.39, 0.29) is 5.91 Å². The van der Waals surface area contributed by atoms with Crippen molar-refractivity contribution < 1.29 is 9.53 Å². The summed E-state index contributed by atoms with van der Waals surface area (Å²) in [5, 5.41) is 10.2. The van der Waals surface area contributed by atoms with Crippen LogP contribution in [0, 0.1) is 6.92 Å². The lowest BCUT2D eigenvalue weighted by Crippen LogP contribution is -2.22. The van der Waals surface area contributed by atoms with Crippen molar-refractivity contribution >= 4 is 34.4 Å². The lowest BCUT2D eigenvalue weighted by molar-refractivity contribution is -0.118. The summed E-state index contributed by atoms with van der Waals surface area (Å²) >= 11 is 1.52. The third kappa shape index (κ3) is 6.17. The summed E-state index contributed by atoms with van der Waals surface area (Å²) < 4.78 is 7.75. The third-order valence-electron chi connectivity index (χ3n) is 7.32. The molecule has 1 atom stereocenters. The molecular formula is C34H33N7O2S. The first kappa shape index (κ1) is 29.0. The van der Waals surface area contributed by atoms with Crippen LogP contribution in [0.5, 0.6) is 5.75 Å². The van der Waals surface area contributed by atoms with E-state index in [0.29, 0.717) is 18.2 Å². The number of aromatic nitrogens is 4. The van der Waals surface area contributed by atoms with Crippen LogP contribution in [-0.4, -0.2) is 57.6 Å². The Bertz CT molecular complexity index is 1920. The van der Waals surface area contributed by atoms with E-state index in [9.17, 15) is 4.79 Å². The highest BCUT2D eigenvalue weighted by Crippen LogP contribution is 2.38. The zero-order chi connectivity index (χ0) is 30.6. The Morgan fingerprint density at radius 1 is 1.07 bits per heavy atom. The fourth-order valence-corrected chi connectivity index (χ4v) is 6.00. The molecule has 4 heterocycles. The van der Waals surface area contributed by atoms with Crippen molar-refractivity contribution in [1.29, 1.82) is 0 Å². The van der Waals surface area contributed by atoms with Crippen molar-refractivity contribution in [2.75, 3.05) is 32.6 Å². The van der Waals surface area contributed by atoms with Gasteiger partial charge in [-0.05, 0) is 80.0 Å². The van der Waals surface area contributed by atoms with E-state index in [1.54, 1.807) is 6.20 Å². The molecule has 0 aliphatic carbocycles. The minimum atomic E-state index is -0.548. The van der Waals surface area contributed by atoms with Crippen molar-refractivity contribution in [3.63, 3.8) is 0 Å². The second-order valence-corrected chi connectivity index (χ2v) is 11.7. The number of aryl methyl sites for hydroxylation is 1. The highest BCUT2D eigenvalue weighted by atomic mass is 32.1. The molecule has 0 bridgehead atoms. The number of nitrogens with one attached hydrogen (secondary N) is 1. The maximum absolute atomic E-state index is 12.7. The number of hydrogen-bond acceptors (Lipinski definition) is 8. The van der Waals surface area contributed by atoms with Crippen LogP contribution in [-0.2, 0) is 4.79 Å². The maximum Gasteiger partial charge on any atom is 0.230 e. The van der Waals surface area contributed by atoms with Crippen molar-refractivity contribution in [3.05, 3.63) is 113 Å². The Labute approximate surface area is 260 Å². The zero-order valence-corrected chi connectivity index (χ0v) is 25.6. The quantitative estimate of drug-likeness (QED) is 0.183. The molecule has 222 valence electrons. The Hall–Kier alpha value is -5.06. The second-order valence-electron chi connectivity index (χ2n) is 10.7. The molecule has 0 aliphatic heterocycles. The molecule has 0 fully saturated rings. The number of fused-ring (bicyclic) bond motifs is 1. The molecule has 4 aromatic heterocycles. The van der Waals surface area contributed by atoms with Gasteiger partial charge in [0, 0.05) is 41.1 Å². The van der Waals surface area contributed by atoms with E-state index in [2.05, 4.69) is 15.2 Å². The third-order valence-corrected chi connectivity index (χ3v) is 8.26. The predicted octanol–water partition coefficient (Wildman–Crippen LogP) is 6.13. The van der Waals surface area contributed by atoms with Crippen LogP contribution in [0.1, 0.15) is 21.9 Å². The summed E-state index contributed by atoms with van der Waals surface area (Å²) in [7, 11) is 4.03. The molecule has 0 aliphatic rings. The number of nitrogens with two attached hydrogens (primary N) is 1. The Balaban J connectivity index is 1.38. The van der Waals surface area contributed by atoms with Crippen LogP contribution in [0.3, 0.4) is 0 Å². The van der Waals surface area contributed by atoms with E-state index in [1.807, 2.05) is 116 Å². The molecule has 0 radical (unpaired) electrons. The van der Waals surface area contributed by atoms with Crippen LogP contribution in [0.15, 0.2) is 96.6 Å². The molecule has 6 rings (SSSR count). The number of pyridine rings is 1. The number of hydrogen-bond donors (Lipinski definition) is 2. The monoisotopic (exact) mass is 603 g/mol. The fourth-order valence-electron chi connectivity index (χ4n) is 5.15. The van der Waals surface area contributed by atoms with Crippen LogP contribution in [0.4, 0.5) is 11.6 Å². The Kier molecular flexibility index (Phi) is 8.36. The summed E-state index contributed by atoms with van der Waals surface area (Å²) in [6.07, 6.45) is 3.65. The van der Waals surface area contributed by atoms with Gasteiger partial charge in [-0.1, -0.05) is 30.3 Å². The normalized spacial score (nSPS) is 12.0. The number of anilines is 2. The second kappa shape index (κ2) is 12.7. The highest BCUT2D eigenvalue weighted by Gasteiger charge is 2.25. The summed E-state index contributed by atoms with van der Waals surface area (Å²) in [5.74, 6) is 0.282. The SMILES string of the molecule is Cc1ccc(-c2nn3ccccc3c2-c2ccnc(Nc3cccc(OCCN(C)C)c3)n2)cc1C(C(N)=O)c1cccs1. The molecule has 3 N–H and O–H groups in total. The first-order chi connectivity index (χ1) is 21.4. The van der Waals surface area contributed by atoms with E-state index < -0.39 is 5.92 Å². The number of carbonyl (C=O) groups excluding carboxylic acids is 1. The van der Waals surface area contributed by atoms with Gasteiger partial charge in [0.25, 0.3) is 0 Å². The lowest BCUT2D eigenvalue weighted by Gasteiger charge is -2.16. The van der Waals surface area contributed by atoms with Gasteiger partial charge in [-0.2, -0.15) is 5.10 Å². The standard InChI is InChI=1S/C34H33N7O2S/c1-22-12-13-23(20-26(22)30(33(35)42)29-11-7-19-44-29)32-31(28-10-4-5-16-41(28)39-32)27-14-15-36-34(38-27)37-24-8-6-9-25(21-24)43-18-17-40(2)3/h4-16,19-21,30H,17-18H2,1-3H3,(H2,35,42)(H,36,37,38). The fraction of sp³-hybridized carbons (Fsp3) is 0.176. The van der Waals surface area contributed by atoms with Gasteiger partial charge < -0.3 is 20.7 Å². The molecule has 0 spiro atoms. The average Bonchev–Trinajstić information content (AvgIpc) is 3.67. The van der Waals surface area contributed by atoms with Crippen molar-refractivity contribution in [2.24, 2.45) is 5.73 Å². The highest BCUT2D eigenvalue weighted by molar-refractivity contribution is 7.10. The first-order valence-electron chi connectivity index (χ1n) is 14.3. The summed E-state index contributed by atoms with van der Waals surface area (Å²) in [6.45, 7) is 3.41. The summed E-state index contributed by atoms with van der Waals surface area (Å²) in [5.41, 5.74) is 12.7. The molecule has 44 heavy (non-hydrogen) atoms. The molecule has 1 amide bonds. The van der Waals surface area contributed by atoms with E-state index >= 15 is 0 Å². The Morgan fingerprint density at radius 2 is 1.95 bits per heavy atom. The molecule has 9 nitrogen and oxygen atoms in total. The molecule has 6 aromatic rings. The summed E-state index contributed by atoms with van der Waals surface area (Å²) in [4.78, 5) is 25.1. The minimum Gasteiger partial charge on any atom is -0.492 e. The van der Waals surface area contributed by atoms with Crippen molar-refractivity contribution in [2.45, 2.75) is 12.8 Å². The number of thiophene rings is 1. The van der Waals surface area contributed by atoms with Gasteiger partial charge >= 0.3 is 0 Å². The smallest absolute Gasteiger partial charge is 0.230 e. The minimum absolute atomic E-state index is 0.387. The van der Waals surface area contributed by atoms with E-state index in [0.717, 1.165) is 56.3 Å². The van der Waals surface area contributed by atoms with Gasteiger partial charge in [0.1, 0.15) is 18.1 Å². The number of rotatable bonds is 11. The van der Waals surface area contributed by atoms with Gasteiger partial charge in [0.05, 0.1) is 22.7 Å². The lowest BCUT2D eigenvalue weighted by atomic mass is 9.90. The van der Waals surface area contributed by atoms with Gasteiger partial charge in [0.2, 0.25) is 11.9 Å². The number of ether oxygens (including phenoxy) is 1. The Morgan fingerprint density at radius 3 is 2.75 bits per heavy atom. The predicted molar refractivity (Wildman–Crippen MR) is 176 cm³/mol. The summed E-state index contributed by atoms with van der Waals surface area (Å²) in [6, 6.07) is 25.5. The maximum atomic E-state index is 12.7. The average molecular weight is 604 g/mol. The van der Waals surface area contributed by atoms with Crippen LogP contribution in [0.2, 0.25) is 0 Å². The number of nitrogens with zero attached hydrogens (tertiary/aromatic N) is 5. The largest absolute Gasteiger partial charge is 0.492 e. The molecule has 0 saturated carbocycles. The number of amides is 1. The molecule has 2 aromatic carbocycles. The molecule has 1 unspecified atom stereocenters. The zero-order valence-electron chi connectivity index (χ0n) is 24.8. The van der Waals surface area contributed by atoms with Gasteiger partial charge in [-0.15, -0.1) is 11.3 Å². The van der Waals surface area contributed by atoms with Gasteiger partial charge in [0.15, 0.2) is 0 Å². The van der Waals surface area contributed by atoms with Gasteiger partial charge in [-0.3, -0.25) is 4.79 Å². The molecule has 10 heteroatoms. The van der Waals surface area contributed by atoms with Crippen LogP contribution >= 0.6 is 11.3 Å². The number of benzene rings is 2.